The van der Waals surface area contributed by atoms with Crippen molar-refractivity contribution in [1.29, 1.82) is 0 Å². The predicted molar refractivity (Wildman–Crippen MR) is 70.6 cm³/mol. The van der Waals surface area contributed by atoms with E-state index < -0.39 is 5.82 Å². The van der Waals surface area contributed by atoms with Crippen molar-refractivity contribution in [2.75, 3.05) is 7.11 Å². The van der Waals surface area contributed by atoms with Crippen molar-refractivity contribution in [3.05, 3.63) is 65.7 Å². The second-order valence-corrected chi connectivity index (χ2v) is 3.83. The standard InChI is InChI=1S/C15H12FNO2/c1-19-15-7-5-12(9-13(15)16)14(18)6-4-11-3-2-8-17-10-11/h2-10H,1H3/b6-4-. The molecule has 0 aliphatic carbocycles. The Hall–Kier alpha value is -2.49. The maximum Gasteiger partial charge on any atom is 0.185 e. The summed E-state index contributed by atoms with van der Waals surface area (Å²) in [4.78, 5) is 15.8. The second-order valence-electron chi connectivity index (χ2n) is 3.83. The predicted octanol–water partition coefficient (Wildman–Crippen LogP) is 3.13. The minimum absolute atomic E-state index is 0.118. The lowest BCUT2D eigenvalue weighted by molar-refractivity contribution is 0.104. The number of rotatable bonds is 4. The zero-order chi connectivity index (χ0) is 13.7. The van der Waals surface area contributed by atoms with Gasteiger partial charge in [-0.3, -0.25) is 9.78 Å². The molecule has 4 heteroatoms. The number of methoxy groups -OCH3 is 1. The Kier molecular flexibility index (Phi) is 4.03. The summed E-state index contributed by atoms with van der Waals surface area (Å²) >= 11 is 0. The number of allylic oxidation sites excluding steroid dienone is 1. The van der Waals surface area contributed by atoms with Crippen LogP contribution in [-0.2, 0) is 0 Å². The van der Waals surface area contributed by atoms with Gasteiger partial charge < -0.3 is 4.74 Å². The van der Waals surface area contributed by atoms with Gasteiger partial charge >= 0.3 is 0 Å². The van der Waals surface area contributed by atoms with Crippen molar-refractivity contribution < 1.29 is 13.9 Å². The normalized spacial score (nSPS) is 10.6. The third kappa shape index (κ3) is 3.25. The van der Waals surface area contributed by atoms with Crippen LogP contribution in [0.15, 0.2) is 48.8 Å². The van der Waals surface area contributed by atoms with E-state index in [9.17, 15) is 9.18 Å². The average Bonchev–Trinajstić information content (AvgIpc) is 2.45. The van der Waals surface area contributed by atoms with E-state index >= 15 is 0 Å². The van der Waals surface area contributed by atoms with E-state index in [1.807, 2.05) is 6.07 Å². The summed E-state index contributed by atoms with van der Waals surface area (Å²) in [5.41, 5.74) is 1.09. The Morgan fingerprint density at radius 1 is 1.37 bits per heavy atom. The molecule has 19 heavy (non-hydrogen) atoms. The highest BCUT2D eigenvalue weighted by atomic mass is 19.1. The fourth-order valence-electron chi connectivity index (χ4n) is 1.56. The summed E-state index contributed by atoms with van der Waals surface area (Å²) in [6.45, 7) is 0. The van der Waals surface area contributed by atoms with Gasteiger partial charge in [-0.25, -0.2) is 4.39 Å². The van der Waals surface area contributed by atoms with Crippen LogP contribution in [-0.4, -0.2) is 17.9 Å². The van der Waals surface area contributed by atoms with Gasteiger partial charge in [0.25, 0.3) is 0 Å². The van der Waals surface area contributed by atoms with Crippen molar-refractivity contribution in [2.24, 2.45) is 0 Å². The maximum atomic E-state index is 13.5. The molecule has 0 aliphatic heterocycles. The molecule has 0 saturated carbocycles. The summed E-state index contributed by atoms with van der Waals surface area (Å²) in [5, 5.41) is 0. The van der Waals surface area contributed by atoms with Crippen LogP contribution in [0.3, 0.4) is 0 Å². The molecule has 1 aromatic heterocycles. The maximum absolute atomic E-state index is 13.5. The molecular weight excluding hydrogens is 245 g/mol. The van der Waals surface area contributed by atoms with Crippen LogP contribution in [0, 0.1) is 5.82 Å². The van der Waals surface area contributed by atoms with Crippen molar-refractivity contribution in [3.8, 4) is 5.75 Å². The number of nitrogens with zero attached hydrogens (tertiary/aromatic N) is 1. The van der Waals surface area contributed by atoms with E-state index in [1.54, 1.807) is 24.5 Å². The van der Waals surface area contributed by atoms with Crippen molar-refractivity contribution in [3.63, 3.8) is 0 Å². The fraction of sp³-hybridized carbons (Fsp3) is 0.0667. The van der Waals surface area contributed by atoms with E-state index in [2.05, 4.69) is 4.98 Å². The first-order valence-corrected chi connectivity index (χ1v) is 5.66. The number of hydrogen-bond donors (Lipinski definition) is 0. The first kappa shape index (κ1) is 13.0. The van der Waals surface area contributed by atoms with Crippen molar-refractivity contribution in [1.82, 2.24) is 4.98 Å². The molecule has 0 N–H and O–H groups in total. The number of carbonyl (C=O) groups is 1. The van der Waals surface area contributed by atoms with Crippen molar-refractivity contribution >= 4 is 11.9 Å². The minimum atomic E-state index is -0.553. The zero-order valence-electron chi connectivity index (χ0n) is 10.3. The number of benzene rings is 1. The summed E-state index contributed by atoms with van der Waals surface area (Å²) in [6, 6.07) is 7.72. The topological polar surface area (TPSA) is 39.2 Å². The van der Waals surface area contributed by atoms with Gasteiger partial charge in [-0.15, -0.1) is 0 Å². The molecule has 0 aliphatic rings. The van der Waals surface area contributed by atoms with E-state index in [-0.39, 0.29) is 17.1 Å². The van der Waals surface area contributed by atoms with Gasteiger partial charge in [0.1, 0.15) is 0 Å². The van der Waals surface area contributed by atoms with Crippen LogP contribution in [0.25, 0.3) is 6.08 Å². The van der Waals surface area contributed by atoms with Crippen LogP contribution in [0.2, 0.25) is 0 Å². The highest BCUT2D eigenvalue weighted by molar-refractivity contribution is 6.06. The van der Waals surface area contributed by atoms with Crippen LogP contribution < -0.4 is 4.74 Å². The lowest BCUT2D eigenvalue weighted by atomic mass is 10.1. The molecule has 0 unspecified atom stereocenters. The molecule has 2 aromatic rings. The molecule has 0 radical (unpaired) electrons. The number of ether oxygens (including phenoxy) is 1. The van der Waals surface area contributed by atoms with Crippen LogP contribution in [0.1, 0.15) is 15.9 Å². The molecule has 0 bridgehead atoms. The average molecular weight is 257 g/mol. The number of aromatic nitrogens is 1. The second kappa shape index (κ2) is 5.91. The van der Waals surface area contributed by atoms with Crippen LogP contribution in [0.5, 0.6) is 5.75 Å². The third-order valence-electron chi connectivity index (χ3n) is 2.55. The lowest BCUT2D eigenvalue weighted by Crippen LogP contribution is -1.97. The largest absolute Gasteiger partial charge is 0.494 e. The van der Waals surface area contributed by atoms with Crippen LogP contribution >= 0.6 is 0 Å². The third-order valence-corrected chi connectivity index (χ3v) is 2.55. The highest BCUT2D eigenvalue weighted by Gasteiger charge is 2.07. The van der Waals surface area contributed by atoms with E-state index in [0.29, 0.717) is 0 Å². The Morgan fingerprint density at radius 2 is 2.21 bits per heavy atom. The van der Waals surface area contributed by atoms with E-state index in [4.69, 9.17) is 4.74 Å². The lowest BCUT2D eigenvalue weighted by Gasteiger charge is -2.02. The van der Waals surface area contributed by atoms with E-state index in [1.165, 1.54) is 25.3 Å². The van der Waals surface area contributed by atoms with E-state index in [0.717, 1.165) is 11.6 Å². The first-order chi connectivity index (χ1) is 9.20. The summed E-state index contributed by atoms with van der Waals surface area (Å²) < 4.78 is 18.3. The molecule has 3 nitrogen and oxygen atoms in total. The molecule has 0 spiro atoms. The number of hydrogen-bond acceptors (Lipinski definition) is 3. The monoisotopic (exact) mass is 257 g/mol. The molecule has 0 saturated heterocycles. The summed E-state index contributed by atoms with van der Waals surface area (Å²) in [6.07, 6.45) is 6.31. The molecule has 0 atom stereocenters. The molecular formula is C15H12FNO2. The van der Waals surface area contributed by atoms with Gasteiger partial charge in [0.05, 0.1) is 7.11 Å². The summed E-state index contributed by atoms with van der Waals surface area (Å²) in [7, 11) is 1.38. The van der Waals surface area contributed by atoms with Gasteiger partial charge in [0, 0.05) is 18.0 Å². The molecule has 96 valence electrons. The molecule has 1 heterocycles. The molecule has 2 rings (SSSR count). The Labute approximate surface area is 110 Å². The van der Waals surface area contributed by atoms with Gasteiger partial charge in [-0.05, 0) is 42.0 Å². The van der Waals surface area contributed by atoms with Gasteiger partial charge in [-0.1, -0.05) is 6.07 Å². The molecule has 0 amide bonds. The quantitative estimate of drug-likeness (QED) is 0.624. The number of ketones is 1. The Balaban J connectivity index is 2.16. The fourth-order valence-corrected chi connectivity index (χ4v) is 1.56. The Bertz CT molecular complexity index is 609. The minimum Gasteiger partial charge on any atom is -0.494 e. The van der Waals surface area contributed by atoms with Gasteiger partial charge in [-0.2, -0.15) is 0 Å². The van der Waals surface area contributed by atoms with Crippen molar-refractivity contribution in [2.45, 2.75) is 0 Å². The summed E-state index contributed by atoms with van der Waals surface area (Å²) in [5.74, 6) is -0.707. The van der Waals surface area contributed by atoms with Gasteiger partial charge in [0.2, 0.25) is 0 Å². The zero-order valence-corrected chi connectivity index (χ0v) is 10.3. The smallest absolute Gasteiger partial charge is 0.185 e. The number of pyridine rings is 1. The van der Waals surface area contributed by atoms with Gasteiger partial charge in [0.15, 0.2) is 17.3 Å². The SMILES string of the molecule is COc1ccc(C(=O)/C=C\c2cccnc2)cc1F. The molecule has 0 fully saturated rings. The Morgan fingerprint density at radius 3 is 2.84 bits per heavy atom. The van der Waals surface area contributed by atoms with Crippen LogP contribution in [0.4, 0.5) is 4.39 Å². The number of carbonyl (C=O) groups excluding carboxylic acids is 1. The first-order valence-electron chi connectivity index (χ1n) is 5.66. The highest BCUT2D eigenvalue weighted by Crippen LogP contribution is 2.18. The number of halogens is 1. The molecule has 1 aromatic carbocycles.